The van der Waals surface area contributed by atoms with E-state index in [1.165, 1.54) is 42.9 Å². The molecule has 1 aromatic carbocycles. The maximum atomic E-state index is 12.2. The summed E-state index contributed by atoms with van der Waals surface area (Å²) in [6.07, 6.45) is 3.29. The third-order valence-corrected chi connectivity index (χ3v) is 5.93. The van der Waals surface area contributed by atoms with Crippen LogP contribution in [0.25, 0.3) is 0 Å². The van der Waals surface area contributed by atoms with Crippen LogP contribution in [0.5, 0.6) is 5.88 Å². The van der Waals surface area contributed by atoms with Crippen molar-refractivity contribution in [2.45, 2.75) is 50.2 Å². The van der Waals surface area contributed by atoms with Gasteiger partial charge >= 0.3 is 6.18 Å². The predicted molar refractivity (Wildman–Crippen MR) is 101 cm³/mol. The van der Waals surface area contributed by atoms with Gasteiger partial charge in [-0.15, -0.1) is 0 Å². The number of fused-ring (bicyclic) bond motifs is 2. The number of ether oxygens (including phenoxy) is 1. The fourth-order valence-corrected chi connectivity index (χ4v) is 4.80. The number of aromatic nitrogens is 1. The first-order chi connectivity index (χ1) is 13.4. The van der Waals surface area contributed by atoms with Gasteiger partial charge in [-0.05, 0) is 55.3 Å². The first-order valence-electron chi connectivity index (χ1n) is 9.89. The second-order valence-electron chi connectivity index (χ2n) is 8.01. The number of rotatable bonds is 4. The van der Waals surface area contributed by atoms with Gasteiger partial charge < -0.3 is 4.74 Å². The SMILES string of the molecule is FC(F)(F)COc1ccc(CN2CCCC3(CCCc4ccccc43)C2)cn1. The van der Waals surface area contributed by atoms with Crippen LogP contribution in [-0.4, -0.2) is 35.8 Å². The highest BCUT2D eigenvalue weighted by atomic mass is 19.4. The van der Waals surface area contributed by atoms with Crippen LogP contribution >= 0.6 is 0 Å². The third-order valence-electron chi connectivity index (χ3n) is 5.93. The standard InChI is InChI=1S/C22H25F3N2O/c23-22(24,25)16-28-20-9-8-17(13-26-20)14-27-12-4-11-21(15-27)10-3-6-18-5-1-2-7-19(18)21/h1-2,5,7-9,13H,3-4,6,10-12,14-16H2. The van der Waals surface area contributed by atoms with Crippen molar-refractivity contribution >= 4 is 0 Å². The van der Waals surface area contributed by atoms with Gasteiger partial charge in [-0.3, -0.25) is 4.90 Å². The third kappa shape index (κ3) is 4.32. The smallest absolute Gasteiger partial charge is 0.422 e. The van der Waals surface area contributed by atoms with E-state index in [9.17, 15) is 13.2 Å². The summed E-state index contributed by atoms with van der Waals surface area (Å²) in [7, 11) is 0. The second-order valence-corrected chi connectivity index (χ2v) is 8.01. The van der Waals surface area contributed by atoms with Crippen molar-refractivity contribution in [2.24, 2.45) is 0 Å². The molecule has 3 nitrogen and oxygen atoms in total. The van der Waals surface area contributed by atoms with Gasteiger partial charge in [-0.2, -0.15) is 13.2 Å². The van der Waals surface area contributed by atoms with E-state index < -0.39 is 12.8 Å². The summed E-state index contributed by atoms with van der Waals surface area (Å²) < 4.78 is 41.4. The summed E-state index contributed by atoms with van der Waals surface area (Å²) in [4.78, 5) is 6.50. The number of halogens is 3. The van der Waals surface area contributed by atoms with Gasteiger partial charge in [0.05, 0.1) is 0 Å². The van der Waals surface area contributed by atoms with Gasteiger partial charge in [0, 0.05) is 30.8 Å². The van der Waals surface area contributed by atoms with Gasteiger partial charge in [0.15, 0.2) is 6.61 Å². The first-order valence-corrected chi connectivity index (χ1v) is 9.89. The highest BCUT2D eigenvalue weighted by Gasteiger charge is 2.39. The zero-order valence-corrected chi connectivity index (χ0v) is 15.8. The van der Waals surface area contributed by atoms with Gasteiger partial charge in [0.1, 0.15) is 0 Å². The van der Waals surface area contributed by atoms with E-state index in [-0.39, 0.29) is 11.3 Å². The molecule has 1 unspecified atom stereocenters. The summed E-state index contributed by atoms with van der Waals surface area (Å²) in [5, 5.41) is 0. The molecular weight excluding hydrogens is 365 g/mol. The van der Waals surface area contributed by atoms with E-state index in [0.29, 0.717) is 0 Å². The zero-order chi connectivity index (χ0) is 19.6. The number of aryl methyl sites for hydroxylation is 1. The van der Waals surface area contributed by atoms with E-state index in [4.69, 9.17) is 4.74 Å². The first kappa shape index (κ1) is 19.2. The molecular formula is C22H25F3N2O. The van der Waals surface area contributed by atoms with Crippen molar-refractivity contribution < 1.29 is 17.9 Å². The Kier molecular flexibility index (Phi) is 5.32. The molecule has 2 aliphatic rings. The number of nitrogens with zero attached hydrogens (tertiary/aromatic N) is 2. The molecule has 0 amide bonds. The van der Waals surface area contributed by atoms with Gasteiger partial charge in [0.25, 0.3) is 0 Å². The molecule has 0 N–H and O–H groups in total. The second kappa shape index (κ2) is 7.74. The lowest BCUT2D eigenvalue weighted by Gasteiger charge is -2.46. The molecule has 2 heterocycles. The summed E-state index contributed by atoms with van der Waals surface area (Å²) >= 11 is 0. The van der Waals surface area contributed by atoms with Crippen LogP contribution in [0.3, 0.4) is 0 Å². The highest BCUT2D eigenvalue weighted by Crippen LogP contribution is 2.43. The monoisotopic (exact) mass is 390 g/mol. The minimum Gasteiger partial charge on any atom is -0.468 e. The maximum absolute atomic E-state index is 12.2. The van der Waals surface area contributed by atoms with Crippen LogP contribution in [0, 0.1) is 0 Å². The molecule has 1 fully saturated rings. The van der Waals surface area contributed by atoms with E-state index in [1.54, 1.807) is 6.20 Å². The summed E-state index contributed by atoms with van der Waals surface area (Å²) in [6, 6.07) is 12.2. The van der Waals surface area contributed by atoms with E-state index >= 15 is 0 Å². The Morgan fingerprint density at radius 3 is 2.68 bits per heavy atom. The Hall–Kier alpha value is -2.08. The summed E-state index contributed by atoms with van der Waals surface area (Å²) in [5.41, 5.74) is 4.24. The number of alkyl halides is 3. The van der Waals surface area contributed by atoms with Crippen molar-refractivity contribution in [3.8, 4) is 5.88 Å². The number of benzene rings is 1. The molecule has 150 valence electrons. The molecule has 6 heteroatoms. The molecule has 0 bridgehead atoms. The van der Waals surface area contributed by atoms with Crippen molar-refractivity contribution in [1.29, 1.82) is 0 Å². The molecule has 1 spiro atoms. The van der Waals surface area contributed by atoms with Crippen molar-refractivity contribution in [3.05, 3.63) is 59.3 Å². The Morgan fingerprint density at radius 1 is 1.07 bits per heavy atom. The highest BCUT2D eigenvalue weighted by molar-refractivity contribution is 5.37. The molecule has 1 atom stereocenters. The predicted octanol–water partition coefficient (Wildman–Crippen LogP) is 4.89. The largest absolute Gasteiger partial charge is 0.468 e. The molecule has 0 radical (unpaired) electrons. The fourth-order valence-electron chi connectivity index (χ4n) is 4.80. The van der Waals surface area contributed by atoms with E-state index in [2.05, 4.69) is 34.1 Å². The molecule has 0 saturated carbocycles. The van der Waals surface area contributed by atoms with Gasteiger partial charge in [-0.1, -0.05) is 30.3 Å². The van der Waals surface area contributed by atoms with Crippen molar-refractivity contribution in [1.82, 2.24) is 9.88 Å². The zero-order valence-electron chi connectivity index (χ0n) is 15.8. The molecule has 2 aromatic rings. The van der Waals surface area contributed by atoms with E-state index in [1.807, 2.05) is 6.07 Å². The van der Waals surface area contributed by atoms with Crippen molar-refractivity contribution in [3.63, 3.8) is 0 Å². The van der Waals surface area contributed by atoms with Crippen LogP contribution in [-0.2, 0) is 18.4 Å². The minimum atomic E-state index is -4.35. The lowest BCUT2D eigenvalue weighted by molar-refractivity contribution is -0.154. The molecule has 1 aliphatic heterocycles. The maximum Gasteiger partial charge on any atom is 0.422 e. The van der Waals surface area contributed by atoms with Crippen molar-refractivity contribution in [2.75, 3.05) is 19.7 Å². The van der Waals surface area contributed by atoms with Crippen LogP contribution < -0.4 is 4.74 Å². The van der Waals surface area contributed by atoms with Crippen LogP contribution in [0.15, 0.2) is 42.6 Å². The van der Waals surface area contributed by atoms with Crippen LogP contribution in [0.1, 0.15) is 42.4 Å². The molecule has 28 heavy (non-hydrogen) atoms. The molecule has 4 rings (SSSR count). The lowest BCUT2D eigenvalue weighted by Crippen LogP contribution is -2.47. The molecule has 1 aliphatic carbocycles. The lowest BCUT2D eigenvalue weighted by atomic mass is 9.66. The Balaban J connectivity index is 1.42. The molecule has 1 aromatic heterocycles. The summed E-state index contributed by atoms with van der Waals surface area (Å²) in [6.45, 7) is 1.51. The number of hydrogen-bond acceptors (Lipinski definition) is 3. The van der Waals surface area contributed by atoms with Gasteiger partial charge in [-0.25, -0.2) is 4.98 Å². The fraction of sp³-hybridized carbons (Fsp3) is 0.500. The average molecular weight is 390 g/mol. The van der Waals surface area contributed by atoms with Gasteiger partial charge in [0.2, 0.25) is 5.88 Å². The van der Waals surface area contributed by atoms with E-state index in [0.717, 1.165) is 31.6 Å². The van der Waals surface area contributed by atoms with Crippen LogP contribution in [0.4, 0.5) is 13.2 Å². The van der Waals surface area contributed by atoms with Crippen LogP contribution in [0.2, 0.25) is 0 Å². The topological polar surface area (TPSA) is 25.4 Å². The quantitative estimate of drug-likeness (QED) is 0.743. The average Bonchev–Trinajstić information content (AvgIpc) is 2.68. The Bertz CT molecular complexity index is 806. The normalized spacial score (nSPS) is 22.8. The summed E-state index contributed by atoms with van der Waals surface area (Å²) in [5.74, 6) is 0.0115. The molecule has 1 saturated heterocycles. The Morgan fingerprint density at radius 2 is 1.89 bits per heavy atom. The number of hydrogen-bond donors (Lipinski definition) is 0. The number of likely N-dealkylation sites (tertiary alicyclic amines) is 1. The number of piperidine rings is 1. The minimum absolute atomic E-state index is 0.0115. The number of pyridine rings is 1. The Labute approximate surface area is 163 Å².